The molecule has 0 bridgehead atoms. The van der Waals surface area contributed by atoms with Crippen LogP contribution in [0.5, 0.6) is 0 Å². The van der Waals surface area contributed by atoms with Crippen molar-refractivity contribution in [1.82, 2.24) is 25.3 Å². The molecule has 3 aromatic heterocycles. The van der Waals surface area contributed by atoms with Crippen molar-refractivity contribution in [2.75, 3.05) is 0 Å². The Morgan fingerprint density at radius 1 is 0.921 bits per heavy atom. The summed E-state index contributed by atoms with van der Waals surface area (Å²) in [6.07, 6.45) is 4.09. The van der Waals surface area contributed by atoms with Gasteiger partial charge in [-0.1, -0.05) is 54.6 Å². The molecule has 0 aliphatic carbocycles. The summed E-state index contributed by atoms with van der Waals surface area (Å²) in [6.45, 7) is 0. The number of nitrogens with zero attached hydrogens (tertiary/aromatic N) is 3. The van der Waals surface area contributed by atoms with Gasteiger partial charge in [-0.25, -0.2) is 9.97 Å². The first-order valence-corrected chi connectivity index (χ1v) is 13.1. The molecular formula is C30H23N5O2S. The second-order valence-corrected chi connectivity index (χ2v) is 10.00. The van der Waals surface area contributed by atoms with E-state index in [2.05, 4.69) is 25.3 Å². The van der Waals surface area contributed by atoms with E-state index in [0.717, 1.165) is 38.1 Å². The highest BCUT2D eigenvalue weighted by molar-refractivity contribution is 7.09. The van der Waals surface area contributed by atoms with Crippen molar-refractivity contribution in [2.45, 2.75) is 18.9 Å². The monoisotopic (exact) mass is 517 g/mol. The van der Waals surface area contributed by atoms with Crippen molar-refractivity contribution in [3.8, 4) is 11.5 Å². The van der Waals surface area contributed by atoms with Crippen LogP contribution in [0.4, 0.5) is 0 Å². The Labute approximate surface area is 222 Å². The molecular weight excluding hydrogens is 494 g/mol. The van der Waals surface area contributed by atoms with Crippen LogP contribution < -0.4 is 5.32 Å². The number of pyridine rings is 1. The van der Waals surface area contributed by atoms with Gasteiger partial charge in [0.15, 0.2) is 11.6 Å². The van der Waals surface area contributed by atoms with Crippen LogP contribution in [-0.2, 0) is 17.6 Å². The third-order valence-corrected chi connectivity index (χ3v) is 7.18. The van der Waals surface area contributed by atoms with Gasteiger partial charge in [0.25, 0.3) is 5.91 Å². The zero-order chi connectivity index (χ0) is 25.9. The van der Waals surface area contributed by atoms with Crippen LogP contribution in [0.1, 0.15) is 20.9 Å². The minimum Gasteiger partial charge on any atom is -0.342 e. The van der Waals surface area contributed by atoms with E-state index in [1.54, 1.807) is 24.4 Å². The Morgan fingerprint density at radius 2 is 1.74 bits per heavy atom. The number of H-pyrrole nitrogens is 1. The molecule has 2 N–H and O–H groups in total. The van der Waals surface area contributed by atoms with Gasteiger partial charge in [0.05, 0.1) is 28.5 Å². The average Bonchev–Trinajstić information content (AvgIpc) is 3.62. The molecule has 1 atom stereocenters. The van der Waals surface area contributed by atoms with E-state index in [0.29, 0.717) is 17.8 Å². The summed E-state index contributed by atoms with van der Waals surface area (Å²) in [4.78, 5) is 43.2. The number of amides is 1. The summed E-state index contributed by atoms with van der Waals surface area (Å²) < 4.78 is 0. The molecule has 3 heterocycles. The summed E-state index contributed by atoms with van der Waals surface area (Å²) in [7, 11) is 0. The normalized spacial score (nSPS) is 12.0. The SMILES string of the molecule is O=C(N[C@@H](Cc1ccccc1)C(=O)Cc1nccs1)c1ccc2nc(-c3cc4ccccc4cn3)[nH]c2c1. The third kappa shape index (κ3) is 5.07. The lowest BCUT2D eigenvalue weighted by molar-refractivity contribution is -0.120. The van der Waals surface area contributed by atoms with Gasteiger partial charge in [-0.05, 0) is 41.6 Å². The number of nitrogens with one attached hydrogen (secondary N) is 2. The summed E-state index contributed by atoms with van der Waals surface area (Å²) in [5.74, 6) is 0.230. The van der Waals surface area contributed by atoms with E-state index in [1.807, 2.05) is 72.2 Å². The molecule has 0 saturated carbocycles. The molecule has 0 aliphatic rings. The maximum absolute atomic E-state index is 13.3. The number of carbonyl (C=O) groups is 2. The van der Waals surface area contributed by atoms with Gasteiger partial charge in [-0.3, -0.25) is 14.6 Å². The van der Waals surface area contributed by atoms with Crippen LogP contribution in [0.15, 0.2) is 96.6 Å². The number of benzene rings is 3. The Morgan fingerprint density at radius 3 is 2.55 bits per heavy atom. The van der Waals surface area contributed by atoms with Crippen LogP contribution in [0, 0.1) is 0 Å². The van der Waals surface area contributed by atoms with Gasteiger partial charge in [0, 0.05) is 28.7 Å². The smallest absolute Gasteiger partial charge is 0.251 e. The molecule has 0 spiro atoms. The lowest BCUT2D eigenvalue weighted by atomic mass is 10.00. The molecule has 186 valence electrons. The highest BCUT2D eigenvalue weighted by Gasteiger charge is 2.23. The molecule has 6 rings (SSSR count). The summed E-state index contributed by atoms with van der Waals surface area (Å²) in [6, 6.07) is 24.3. The highest BCUT2D eigenvalue weighted by Crippen LogP contribution is 2.23. The predicted molar refractivity (Wildman–Crippen MR) is 149 cm³/mol. The maximum Gasteiger partial charge on any atom is 0.251 e. The van der Waals surface area contributed by atoms with Crippen molar-refractivity contribution >= 4 is 44.8 Å². The topological polar surface area (TPSA) is 101 Å². The molecule has 0 fully saturated rings. The number of carbonyl (C=O) groups excluding carboxylic acids is 2. The number of imidazole rings is 1. The zero-order valence-electron chi connectivity index (χ0n) is 20.3. The number of fused-ring (bicyclic) bond motifs is 2. The molecule has 0 unspecified atom stereocenters. The van der Waals surface area contributed by atoms with E-state index in [-0.39, 0.29) is 18.1 Å². The quantitative estimate of drug-likeness (QED) is 0.282. The molecule has 7 nitrogen and oxygen atoms in total. The van der Waals surface area contributed by atoms with E-state index in [9.17, 15) is 9.59 Å². The van der Waals surface area contributed by atoms with Crippen LogP contribution >= 0.6 is 11.3 Å². The first-order valence-electron chi connectivity index (χ1n) is 12.2. The first kappa shape index (κ1) is 23.7. The second kappa shape index (κ2) is 10.4. The van der Waals surface area contributed by atoms with Gasteiger partial charge in [0.2, 0.25) is 0 Å². The number of hydrogen-bond acceptors (Lipinski definition) is 6. The summed E-state index contributed by atoms with van der Waals surface area (Å²) in [5, 5.41) is 7.66. The van der Waals surface area contributed by atoms with E-state index in [4.69, 9.17) is 0 Å². The van der Waals surface area contributed by atoms with Crippen LogP contribution in [-0.4, -0.2) is 37.7 Å². The average molecular weight is 518 g/mol. The fourth-order valence-corrected chi connectivity index (χ4v) is 5.06. The number of rotatable bonds is 8. The lowest BCUT2D eigenvalue weighted by Crippen LogP contribution is -2.43. The largest absolute Gasteiger partial charge is 0.342 e. The van der Waals surface area contributed by atoms with Gasteiger partial charge >= 0.3 is 0 Å². The molecule has 0 aliphatic heterocycles. The Balaban J connectivity index is 1.25. The van der Waals surface area contributed by atoms with Crippen molar-refractivity contribution in [3.05, 3.63) is 113 Å². The fraction of sp³-hybridized carbons (Fsp3) is 0.100. The standard InChI is InChI=1S/C30H23N5O2S/c36-27(17-28-31-12-13-38-28)25(14-19-6-2-1-3-7-19)35-30(37)21-10-11-23-24(16-21)34-29(33-23)26-15-20-8-4-5-9-22(20)18-32-26/h1-13,15-16,18,25H,14,17H2,(H,33,34)(H,35,37)/t25-/m0/s1. The van der Waals surface area contributed by atoms with Crippen molar-refractivity contribution in [1.29, 1.82) is 0 Å². The maximum atomic E-state index is 13.3. The van der Waals surface area contributed by atoms with E-state index >= 15 is 0 Å². The van der Waals surface area contributed by atoms with Crippen molar-refractivity contribution in [3.63, 3.8) is 0 Å². The number of ketones is 1. The molecule has 0 saturated heterocycles. The second-order valence-electron chi connectivity index (χ2n) is 9.02. The molecule has 1 amide bonds. The van der Waals surface area contributed by atoms with Crippen LogP contribution in [0.25, 0.3) is 33.3 Å². The lowest BCUT2D eigenvalue weighted by Gasteiger charge is -2.18. The fourth-order valence-electron chi connectivity index (χ4n) is 4.43. The molecule has 3 aromatic carbocycles. The number of hydrogen-bond donors (Lipinski definition) is 2. The van der Waals surface area contributed by atoms with Crippen molar-refractivity contribution in [2.24, 2.45) is 0 Å². The Bertz CT molecular complexity index is 1750. The van der Waals surface area contributed by atoms with Gasteiger partial charge in [0.1, 0.15) is 5.69 Å². The minimum atomic E-state index is -0.677. The molecule has 6 aromatic rings. The zero-order valence-corrected chi connectivity index (χ0v) is 21.1. The highest BCUT2D eigenvalue weighted by atomic mass is 32.1. The van der Waals surface area contributed by atoms with E-state index < -0.39 is 6.04 Å². The minimum absolute atomic E-state index is 0.0792. The number of thiazole rings is 1. The summed E-state index contributed by atoms with van der Waals surface area (Å²) >= 11 is 1.43. The van der Waals surface area contributed by atoms with Gasteiger partial charge in [-0.15, -0.1) is 11.3 Å². The molecule has 8 heteroatoms. The van der Waals surface area contributed by atoms with Gasteiger partial charge in [-0.2, -0.15) is 0 Å². The van der Waals surface area contributed by atoms with Crippen molar-refractivity contribution < 1.29 is 9.59 Å². The molecule has 0 radical (unpaired) electrons. The first-order chi connectivity index (χ1) is 18.6. The summed E-state index contributed by atoms with van der Waals surface area (Å²) in [5.41, 5.74) is 3.59. The van der Waals surface area contributed by atoms with Crippen LogP contribution in [0.3, 0.4) is 0 Å². The number of aromatic amines is 1. The Kier molecular flexibility index (Phi) is 6.46. The Hall–Kier alpha value is -4.69. The predicted octanol–water partition coefficient (Wildman–Crippen LogP) is 5.39. The van der Waals surface area contributed by atoms with Gasteiger partial charge < -0.3 is 10.3 Å². The number of aromatic nitrogens is 4. The van der Waals surface area contributed by atoms with E-state index in [1.165, 1.54) is 11.3 Å². The number of Topliss-reactive ketones (excluding diaryl/α,β-unsaturated/α-hetero) is 1. The third-order valence-electron chi connectivity index (χ3n) is 6.40. The molecule has 38 heavy (non-hydrogen) atoms. The van der Waals surface area contributed by atoms with Crippen LogP contribution in [0.2, 0.25) is 0 Å².